The van der Waals surface area contributed by atoms with Gasteiger partial charge in [0, 0.05) is 6.20 Å². The van der Waals surface area contributed by atoms with Crippen LogP contribution in [0.4, 0.5) is 26.3 Å². The zero-order valence-corrected chi connectivity index (χ0v) is 10.2. The molecule has 0 aliphatic rings. The molecule has 0 aliphatic heterocycles. The lowest BCUT2D eigenvalue weighted by Gasteiger charge is -2.14. The summed E-state index contributed by atoms with van der Waals surface area (Å²) in [5, 5.41) is 0. The van der Waals surface area contributed by atoms with Crippen LogP contribution in [0, 0.1) is 0 Å². The molecule has 2 aromatic rings. The third kappa shape index (κ3) is 3.87. The van der Waals surface area contributed by atoms with Gasteiger partial charge in [-0.05, 0) is 30.3 Å². The minimum atomic E-state index is -4.91. The topological polar surface area (TPSA) is 22.1 Å². The Balaban J connectivity index is 2.45. The Morgan fingerprint density at radius 1 is 0.810 bits per heavy atom. The zero-order valence-electron chi connectivity index (χ0n) is 10.2. The minimum absolute atomic E-state index is 0.0324. The van der Waals surface area contributed by atoms with Gasteiger partial charge in [0.15, 0.2) is 0 Å². The summed E-state index contributed by atoms with van der Waals surface area (Å²) < 4.78 is 80.8. The average molecular weight is 307 g/mol. The van der Waals surface area contributed by atoms with E-state index in [1.165, 1.54) is 24.5 Å². The second-order valence-electron chi connectivity index (χ2n) is 4.03. The molecule has 1 aromatic heterocycles. The molecule has 0 atom stereocenters. The molecule has 21 heavy (non-hydrogen) atoms. The van der Waals surface area contributed by atoms with Gasteiger partial charge in [-0.3, -0.25) is 4.98 Å². The van der Waals surface area contributed by atoms with Gasteiger partial charge in [0.2, 0.25) is 0 Å². The Morgan fingerprint density at radius 3 is 1.81 bits per heavy atom. The van der Waals surface area contributed by atoms with Crippen molar-refractivity contribution in [3.05, 3.63) is 53.9 Å². The quantitative estimate of drug-likeness (QED) is 0.735. The summed E-state index contributed by atoms with van der Waals surface area (Å²) in [6, 6.07) is 3.84. The van der Waals surface area contributed by atoms with Gasteiger partial charge >= 0.3 is 12.4 Å². The van der Waals surface area contributed by atoms with E-state index in [9.17, 15) is 26.3 Å². The van der Waals surface area contributed by atoms with E-state index in [2.05, 4.69) is 4.98 Å². The van der Waals surface area contributed by atoms with Gasteiger partial charge in [-0.25, -0.2) is 0 Å². The molecule has 0 bridgehead atoms. The van der Waals surface area contributed by atoms with E-state index in [1.807, 2.05) is 0 Å². The van der Waals surface area contributed by atoms with E-state index in [4.69, 9.17) is 4.74 Å². The molecule has 2 rings (SSSR count). The van der Waals surface area contributed by atoms with Crippen molar-refractivity contribution in [3.8, 4) is 11.5 Å². The molecule has 0 amide bonds. The van der Waals surface area contributed by atoms with Crippen LogP contribution in [0.2, 0.25) is 0 Å². The van der Waals surface area contributed by atoms with E-state index in [1.54, 1.807) is 0 Å². The van der Waals surface area contributed by atoms with Crippen LogP contribution in [-0.2, 0) is 12.4 Å². The number of pyridine rings is 1. The van der Waals surface area contributed by atoms with Crippen molar-refractivity contribution in [2.75, 3.05) is 0 Å². The summed E-state index contributed by atoms with van der Waals surface area (Å²) in [6.45, 7) is 0. The number of hydrogen-bond acceptors (Lipinski definition) is 2. The normalized spacial score (nSPS) is 12.3. The highest BCUT2D eigenvalue weighted by atomic mass is 19.4. The van der Waals surface area contributed by atoms with Gasteiger partial charge in [0.1, 0.15) is 11.5 Å². The first-order valence-corrected chi connectivity index (χ1v) is 5.53. The molecular weight excluding hydrogens is 300 g/mol. The lowest BCUT2D eigenvalue weighted by molar-refractivity contribution is -0.143. The molecule has 0 saturated carbocycles. The fraction of sp³-hybridized carbons (Fsp3) is 0.154. The predicted octanol–water partition coefficient (Wildman–Crippen LogP) is 4.91. The molecule has 0 fully saturated rings. The lowest BCUT2D eigenvalue weighted by atomic mass is 10.1. The van der Waals surface area contributed by atoms with Crippen LogP contribution in [0.1, 0.15) is 11.1 Å². The van der Waals surface area contributed by atoms with Gasteiger partial charge in [-0.1, -0.05) is 0 Å². The number of nitrogens with zero attached hydrogens (tertiary/aromatic N) is 1. The molecule has 1 aromatic carbocycles. The highest BCUT2D eigenvalue weighted by Gasteiger charge is 2.37. The molecule has 0 saturated heterocycles. The van der Waals surface area contributed by atoms with Crippen molar-refractivity contribution in [1.29, 1.82) is 0 Å². The highest BCUT2D eigenvalue weighted by molar-refractivity contribution is 5.39. The Bertz CT molecular complexity index is 589. The SMILES string of the molecule is FC(F)(F)c1cc(Oc2cccnc2)cc(C(F)(F)F)c1. The zero-order chi connectivity index (χ0) is 15.7. The van der Waals surface area contributed by atoms with Gasteiger partial charge in [-0.15, -0.1) is 0 Å². The van der Waals surface area contributed by atoms with Gasteiger partial charge in [-0.2, -0.15) is 26.3 Å². The number of rotatable bonds is 2. The maximum absolute atomic E-state index is 12.6. The molecule has 0 N–H and O–H groups in total. The molecule has 2 nitrogen and oxygen atoms in total. The van der Waals surface area contributed by atoms with Gasteiger partial charge < -0.3 is 4.74 Å². The Hall–Kier alpha value is -2.25. The number of halogens is 6. The Morgan fingerprint density at radius 2 is 1.38 bits per heavy atom. The minimum Gasteiger partial charge on any atom is -0.456 e. The second-order valence-corrected chi connectivity index (χ2v) is 4.03. The molecule has 0 radical (unpaired) electrons. The van der Waals surface area contributed by atoms with Crippen molar-refractivity contribution < 1.29 is 31.1 Å². The summed E-state index contributed by atoms with van der Waals surface area (Å²) in [6.07, 6.45) is -7.25. The van der Waals surface area contributed by atoms with E-state index >= 15 is 0 Å². The predicted molar refractivity (Wildman–Crippen MR) is 60.8 cm³/mol. The first-order valence-electron chi connectivity index (χ1n) is 5.53. The number of aromatic nitrogens is 1. The smallest absolute Gasteiger partial charge is 0.416 e. The largest absolute Gasteiger partial charge is 0.456 e. The van der Waals surface area contributed by atoms with E-state index in [0.717, 1.165) is 0 Å². The molecule has 8 heteroatoms. The summed E-state index contributed by atoms with van der Waals surface area (Å²) in [5.74, 6) is -0.532. The van der Waals surface area contributed by atoms with Gasteiger partial charge in [0.05, 0.1) is 17.3 Å². The standard InChI is InChI=1S/C13H7F6NO/c14-12(15,16)8-4-9(13(17,18)19)6-11(5-8)21-10-2-1-3-20-7-10/h1-7H. The molecular formula is C13H7F6NO. The second kappa shape index (κ2) is 5.27. The van der Waals surface area contributed by atoms with E-state index in [-0.39, 0.29) is 11.8 Å². The molecule has 0 spiro atoms. The van der Waals surface area contributed by atoms with E-state index < -0.39 is 29.2 Å². The van der Waals surface area contributed by atoms with Crippen LogP contribution >= 0.6 is 0 Å². The van der Waals surface area contributed by atoms with Crippen molar-refractivity contribution in [2.24, 2.45) is 0 Å². The summed E-state index contributed by atoms with van der Waals surface area (Å²) >= 11 is 0. The maximum Gasteiger partial charge on any atom is 0.416 e. The van der Waals surface area contributed by atoms with Crippen molar-refractivity contribution in [3.63, 3.8) is 0 Å². The Kier molecular flexibility index (Phi) is 3.80. The molecule has 0 aliphatic carbocycles. The van der Waals surface area contributed by atoms with Gasteiger partial charge in [0.25, 0.3) is 0 Å². The molecule has 112 valence electrons. The van der Waals surface area contributed by atoms with Crippen LogP contribution in [-0.4, -0.2) is 4.98 Å². The number of benzene rings is 1. The Labute approximate surface area is 115 Å². The number of alkyl halides is 6. The maximum atomic E-state index is 12.6. The highest BCUT2D eigenvalue weighted by Crippen LogP contribution is 2.39. The number of ether oxygens (including phenoxy) is 1. The monoisotopic (exact) mass is 307 g/mol. The van der Waals surface area contributed by atoms with Crippen molar-refractivity contribution >= 4 is 0 Å². The molecule has 1 heterocycles. The summed E-state index contributed by atoms with van der Waals surface area (Å²) in [5.41, 5.74) is -2.87. The third-order valence-corrected chi connectivity index (χ3v) is 2.43. The van der Waals surface area contributed by atoms with Crippen LogP contribution < -0.4 is 4.74 Å². The van der Waals surface area contributed by atoms with Crippen LogP contribution in [0.15, 0.2) is 42.7 Å². The number of hydrogen-bond donors (Lipinski definition) is 0. The van der Waals surface area contributed by atoms with Crippen molar-refractivity contribution in [1.82, 2.24) is 4.98 Å². The van der Waals surface area contributed by atoms with Crippen LogP contribution in [0.5, 0.6) is 11.5 Å². The lowest BCUT2D eigenvalue weighted by Crippen LogP contribution is -2.11. The molecule has 0 unspecified atom stereocenters. The van der Waals surface area contributed by atoms with Crippen molar-refractivity contribution in [2.45, 2.75) is 12.4 Å². The first kappa shape index (κ1) is 15.1. The van der Waals surface area contributed by atoms with Crippen LogP contribution in [0.3, 0.4) is 0 Å². The third-order valence-electron chi connectivity index (χ3n) is 2.43. The fourth-order valence-corrected chi connectivity index (χ4v) is 1.53. The van der Waals surface area contributed by atoms with E-state index in [0.29, 0.717) is 12.1 Å². The summed E-state index contributed by atoms with van der Waals surface area (Å²) in [4.78, 5) is 3.65. The first-order chi connectivity index (χ1) is 9.66. The van der Waals surface area contributed by atoms with Crippen LogP contribution in [0.25, 0.3) is 0 Å². The summed E-state index contributed by atoms with van der Waals surface area (Å²) in [7, 11) is 0. The average Bonchev–Trinajstić information content (AvgIpc) is 2.37. The fourth-order valence-electron chi connectivity index (χ4n) is 1.53.